The molecule has 1 fully saturated rings. The van der Waals surface area contributed by atoms with E-state index in [1.54, 1.807) is 0 Å². The maximum Gasteiger partial charge on any atom is 0.408 e. The van der Waals surface area contributed by atoms with Gasteiger partial charge in [0.1, 0.15) is 5.60 Å². The molecule has 1 heterocycles. The lowest BCUT2D eigenvalue weighted by Crippen LogP contribution is -2.37. The van der Waals surface area contributed by atoms with Crippen molar-refractivity contribution in [3.63, 3.8) is 0 Å². The highest BCUT2D eigenvalue weighted by Gasteiger charge is 2.21. The number of carbonyl (C=O) groups is 1. The summed E-state index contributed by atoms with van der Waals surface area (Å²) in [4.78, 5) is 12.1. The van der Waals surface area contributed by atoms with Gasteiger partial charge in [0.05, 0.1) is 12.6 Å². The van der Waals surface area contributed by atoms with Crippen LogP contribution in [0.3, 0.4) is 0 Å². The van der Waals surface area contributed by atoms with Gasteiger partial charge >= 0.3 is 6.09 Å². The molecule has 23 heavy (non-hydrogen) atoms. The van der Waals surface area contributed by atoms with Crippen LogP contribution in [-0.2, 0) is 9.47 Å². The molecule has 0 radical (unpaired) electrons. The third-order valence-corrected chi connectivity index (χ3v) is 3.69. The van der Waals surface area contributed by atoms with Crippen molar-refractivity contribution in [2.75, 3.05) is 19.8 Å². The summed E-state index contributed by atoms with van der Waals surface area (Å²) in [5.41, 5.74) is 0.591. The summed E-state index contributed by atoms with van der Waals surface area (Å²) >= 11 is 0. The zero-order valence-electron chi connectivity index (χ0n) is 14.3. The SMILES string of the molecule is CC(C)(C)OC(=O)NC(CCNC1CCOC1)c1ccccc1. The number of carbonyl (C=O) groups excluding carboxylic acids is 1. The van der Waals surface area contributed by atoms with E-state index < -0.39 is 5.60 Å². The van der Waals surface area contributed by atoms with Crippen LogP contribution in [0.1, 0.15) is 45.2 Å². The molecule has 1 aromatic carbocycles. The van der Waals surface area contributed by atoms with Crippen molar-refractivity contribution in [2.24, 2.45) is 0 Å². The van der Waals surface area contributed by atoms with E-state index in [1.807, 2.05) is 51.1 Å². The molecule has 5 heteroatoms. The fraction of sp³-hybridized carbons (Fsp3) is 0.611. The van der Waals surface area contributed by atoms with Gasteiger partial charge in [-0.2, -0.15) is 0 Å². The van der Waals surface area contributed by atoms with Crippen LogP contribution in [0, 0.1) is 0 Å². The largest absolute Gasteiger partial charge is 0.444 e. The Kier molecular flexibility index (Phi) is 6.42. The number of ether oxygens (including phenoxy) is 2. The van der Waals surface area contributed by atoms with Crippen LogP contribution in [0.4, 0.5) is 4.79 Å². The Morgan fingerprint density at radius 2 is 2.09 bits per heavy atom. The van der Waals surface area contributed by atoms with Crippen LogP contribution >= 0.6 is 0 Å². The summed E-state index contributed by atoms with van der Waals surface area (Å²) in [6.07, 6.45) is 1.48. The summed E-state index contributed by atoms with van der Waals surface area (Å²) in [5.74, 6) is 0. The first kappa shape index (κ1) is 17.8. The lowest BCUT2D eigenvalue weighted by molar-refractivity contribution is 0.0501. The Labute approximate surface area is 138 Å². The van der Waals surface area contributed by atoms with Crippen LogP contribution in [0.25, 0.3) is 0 Å². The van der Waals surface area contributed by atoms with E-state index in [0.717, 1.165) is 38.2 Å². The van der Waals surface area contributed by atoms with Crippen molar-refractivity contribution in [1.29, 1.82) is 0 Å². The first-order valence-corrected chi connectivity index (χ1v) is 8.29. The van der Waals surface area contributed by atoms with E-state index in [1.165, 1.54) is 0 Å². The highest BCUT2D eigenvalue weighted by Crippen LogP contribution is 2.18. The molecule has 0 aliphatic carbocycles. The second-order valence-corrected chi connectivity index (χ2v) is 6.91. The molecule has 2 unspecified atom stereocenters. The predicted octanol–water partition coefficient (Wildman–Crippen LogP) is 3.02. The average molecular weight is 320 g/mol. The van der Waals surface area contributed by atoms with Crippen LogP contribution in [0.2, 0.25) is 0 Å². The van der Waals surface area contributed by atoms with Gasteiger partial charge in [-0.15, -0.1) is 0 Å². The maximum atomic E-state index is 12.1. The summed E-state index contributed by atoms with van der Waals surface area (Å²) < 4.78 is 10.7. The van der Waals surface area contributed by atoms with Gasteiger partial charge in [0.2, 0.25) is 0 Å². The summed E-state index contributed by atoms with van der Waals surface area (Å²) in [5, 5.41) is 6.47. The minimum absolute atomic E-state index is 0.0686. The molecule has 2 N–H and O–H groups in total. The molecule has 1 aliphatic heterocycles. The molecule has 0 aromatic heterocycles. The van der Waals surface area contributed by atoms with Gasteiger partial charge in [-0.3, -0.25) is 0 Å². The van der Waals surface area contributed by atoms with Crippen LogP contribution < -0.4 is 10.6 Å². The molecule has 2 rings (SSSR count). The lowest BCUT2D eigenvalue weighted by atomic mass is 10.0. The van der Waals surface area contributed by atoms with Crippen molar-refractivity contribution in [2.45, 2.75) is 51.3 Å². The summed E-state index contributed by atoms with van der Waals surface area (Å²) in [6, 6.07) is 10.4. The monoisotopic (exact) mass is 320 g/mol. The van der Waals surface area contributed by atoms with Gasteiger partial charge < -0.3 is 20.1 Å². The first-order valence-electron chi connectivity index (χ1n) is 8.29. The van der Waals surface area contributed by atoms with Crippen molar-refractivity contribution in [3.05, 3.63) is 35.9 Å². The van der Waals surface area contributed by atoms with Gasteiger partial charge in [-0.05, 0) is 45.7 Å². The average Bonchev–Trinajstić information content (AvgIpc) is 2.98. The fourth-order valence-electron chi connectivity index (χ4n) is 2.58. The van der Waals surface area contributed by atoms with E-state index in [4.69, 9.17) is 9.47 Å². The number of amides is 1. The van der Waals surface area contributed by atoms with Crippen LogP contribution in [-0.4, -0.2) is 37.5 Å². The summed E-state index contributed by atoms with van der Waals surface area (Å²) in [6.45, 7) is 8.03. The molecule has 2 atom stereocenters. The Hall–Kier alpha value is -1.59. The Bertz CT molecular complexity index is 479. The quantitative estimate of drug-likeness (QED) is 0.846. The van der Waals surface area contributed by atoms with Gasteiger partial charge in [-0.1, -0.05) is 30.3 Å². The zero-order valence-corrected chi connectivity index (χ0v) is 14.3. The summed E-state index contributed by atoms with van der Waals surface area (Å²) in [7, 11) is 0. The van der Waals surface area contributed by atoms with Crippen molar-refractivity contribution >= 4 is 6.09 Å². The van der Waals surface area contributed by atoms with E-state index >= 15 is 0 Å². The molecular formula is C18H28N2O3. The fourth-order valence-corrected chi connectivity index (χ4v) is 2.58. The molecular weight excluding hydrogens is 292 g/mol. The maximum absolute atomic E-state index is 12.1. The lowest BCUT2D eigenvalue weighted by Gasteiger charge is -2.24. The smallest absolute Gasteiger partial charge is 0.408 e. The molecule has 1 aromatic rings. The Morgan fingerprint density at radius 3 is 2.70 bits per heavy atom. The standard InChI is InChI=1S/C18H28N2O3/c1-18(2,3)23-17(21)20-16(14-7-5-4-6-8-14)9-11-19-15-10-12-22-13-15/h4-8,15-16,19H,9-13H2,1-3H3,(H,20,21). The highest BCUT2D eigenvalue weighted by molar-refractivity contribution is 5.68. The highest BCUT2D eigenvalue weighted by atomic mass is 16.6. The second-order valence-electron chi connectivity index (χ2n) is 6.91. The second kappa shape index (κ2) is 8.31. The minimum atomic E-state index is -0.495. The molecule has 1 amide bonds. The van der Waals surface area contributed by atoms with Gasteiger partial charge in [0.15, 0.2) is 0 Å². The predicted molar refractivity (Wildman–Crippen MR) is 90.4 cm³/mol. The van der Waals surface area contributed by atoms with Crippen LogP contribution in [0.5, 0.6) is 0 Å². The molecule has 128 valence electrons. The zero-order chi connectivity index (χ0) is 16.7. The molecule has 5 nitrogen and oxygen atoms in total. The normalized spacial score (nSPS) is 19.3. The van der Waals surface area contributed by atoms with E-state index in [2.05, 4.69) is 10.6 Å². The third kappa shape index (κ3) is 6.59. The van der Waals surface area contributed by atoms with Crippen molar-refractivity contribution in [1.82, 2.24) is 10.6 Å². The van der Waals surface area contributed by atoms with Gasteiger partial charge in [-0.25, -0.2) is 4.79 Å². The minimum Gasteiger partial charge on any atom is -0.444 e. The number of benzene rings is 1. The number of hydrogen-bond acceptors (Lipinski definition) is 4. The number of alkyl carbamates (subject to hydrolysis) is 1. The molecule has 1 aliphatic rings. The number of hydrogen-bond donors (Lipinski definition) is 2. The Morgan fingerprint density at radius 1 is 1.35 bits per heavy atom. The van der Waals surface area contributed by atoms with Crippen molar-refractivity contribution < 1.29 is 14.3 Å². The molecule has 0 saturated carbocycles. The first-order chi connectivity index (χ1) is 10.9. The third-order valence-electron chi connectivity index (χ3n) is 3.69. The topological polar surface area (TPSA) is 59.6 Å². The van der Waals surface area contributed by atoms with Gasteiger partial charge in [0.25, 0.3) is 0 Å². The van der Waals surface area contributed by atoms with E-state index in [0.29, 0.717) is 6.04 Å². The van der Waals surface area contributed by atoms with Crippen molar-refractivity contribution in [3.8, 4) is 0 Å². The molecule has 1 saturated heterocycles. The molecule has 0 spiro atoms. The number of rotatable bonds is 6. The van der Waals surface area contributed by atoms with Crippen LogP contribution in [0.15, 0.2) is 30.3 Å². The Balaban J connectivity index is 1.90. The van der Waals surface area contributed by atoms with E-state index in [-0.39, 0.29) is 12.1 Å². The van der Waals surface area contributed by atoms with E-state index in [9.17, 15) is 4.79 Å². The number of nitrogens with one attached hydrogen (secondary N) is 2. The molecule has 0 bridgehead atoms. The van der Waals surface area contributed by atoms with Gasteiger partial charge in [0, 0.05) is 12.6 Å².